The van der Waals surface area contributed by atoms with Gasteiger partial charge in [-0.3, -0.25) is 0 Å². The van der Waals surface area contributed by atoms with Gasteiger partial charge in [-0.25, -0.2) is 9.78 Å². The van der Waals surface area contributed by atoms with Gasteiger partial charge in [0, 0.05) is 32.4 Å². The number of aromatic nitrogens is 2. The Balaban J connectivity index is 0.00000300. The summed E-state index contributed by atoms with van der Waals surface area (Å²) in [6, 6.07) is 7.15. The van der Waals surface area contributed by atoms with E-state index in [4.69, 9.17) is 23.2 Å². The zero-order valence-corrected chi connectivity index (χ0v) is 18.6. The van der Waals surface area contributed by atoms with Crippen LogP contribution in [-0.4, -0.2) is 42.2 Å². The number of halogens is 3. The van der Waals surface area contributed by atoms with Gasteiger partial charge in [-0.15, -0.1) is 12.4 Å². The number of hydrogen-bond acceptors (Lipinski definition) is 5. The van der Waals surface area contributed by atoms with Crippen molar-refractivity contribution in [3.05, 3.63) is 40.5 Å². The van der Waals surface area contributed by atoms with Crippen LogP contribution in [-0.2, 0) is 0 Å². The van der Waals surface area contributed by atoms with E-state index < -0.39 is 0 Å². The molecule has 0 atom stereocenters. The zero-order chi connectivity index (χ0) is 20.1. The van der Waals surface area contributed by atoms with Crippen LogP contribution in [0.2, 0.25) is 10.0 Å². The zero-order valence-electron chi connectivity index (χ0n) is 16.3. The first-order valence-electron chi connectivity index (χ1n) is 9.21. The molecule has 1 aromatic carbocycles. The van der Waals surface area contributed by atoms with Crippen molar-refractivity contribution >= 4 is 59.1 Å². The molecule has 10 heteroatoms. The summed E-state index contributed by atoms with van der Waals surface area (Å²) in [6.45, 7) is 0. The van der Waals surface area contributed by atoms with Gasteiger partial charge in [-0.2, -0.15) is 4.98 Å². The van der Waals surface area contributed by atoms with Gasteiger partial charge in [0.2, 0.25) is 5.95 Å². The monoisotopic (exact) mass is 458 g/mol. The van der Waals surface area contributed by atoms with Crippen LogP contribution >= 0.6 is 35.6 Å². The minimum Gasteiger partial charge on any atom is -0.363 e. The summed E-state index contributed by atoms with van der Waals surface area (Å²) < 4.78 is 0. The van der Waals surface area contributed by atoms with E-state index in [2.05, 4.69) is 25.9 Å². The summed E-state index contributed by atoms with van der Waals surface area (Å²) >= 11 is 12.1. The summed E-state index contributed by atoms with van der Waals surface area (Å²) in [5.74, 6) is 1.50. The lowest BCUT2D eigenvalue weighted by Crippen LogP contribution is -2.42. The van der Waals surface area contributed by atoms with Crippen molar-refractivity contribution in [1.29, 1.82) is 0 Å². The Labute approximate surface area is 187 Å². The predicted molar refractivity (Wildman–Crippen MR) is 122 cm³/mol. The third-order valence-corrected chi connectivity index (χ3v) is 5.51. The van der Waals surface area contributed by atoms with E-state index in [9.17, 15) is 4.79 Å². The van der Waals surface area contributed by atoms with Gasteiger partial charge in [0.05, 0.1) is 15.7 Å². The average molecular weight is 460 g/mol. The second-order valence-electron chi connectivity index (χ2n) is 7.03. The van der Waals surface area contributed by atoms with E-state index in [0.717, 1.165) is 31.5 Å². The number of carbonyl (C=O) groups excluding carboxylic acids is 1. The molecule has 0 aliphatic heterocycles. The first kappa shape index (κ1) is 23.3. The van der Waals surface area contributed by atoms with Crippen molar-refractivity contribution in [3.63, 3.8) is 0 Å². The minimum atomic E-state index is -0.275. The molecule has 1 fully saturated rings. The van der Waals surface area contributed by atoms with E-state index in [-0.39, 0.29) is 24.5 Å². The molecule has 1 aromatic heterocycles. The first-order valence-corrected chi connectivity index (χ1v) is 9.96. The van der Waals surface area contributed by atoms with Crippen molar-refractivity contribution in [2.24, 2.45) is 0 Å². The fourth-order valence-corrected chi connectivity index (χ4v) is 3.52. The van der Waals surface area contributed by atoms with Gasteiger partial charge in [-0.1, -0.05) is 29.3 Å². The molecular formula is C19H25Cl3N6O. The molecule has 1 saturated carbocycles. The number of rotatable bonds is 5. The first-order chi connectivity index (χ1) is 13.4. The highest BCUT2D eigenvalue weighted by molar-refractivity contribution is 6.43. The molecule has 29 heavy (non-hydrogen) atoms. The molecule has 158 valence electrons. The minimum absolute atomic E-state index is 0. The highest BCUT2D eigenvalue weighted by Gasteiger charge is 2.23. The van der Waals surface area contributed by atoms with Crippen LogP contribution in [0.15, 0.2) is 30.5 Å². The number of amides is 2. The van der Waals surface area contributed by atoms with Crippen LogP contribution < -0.4 is 20.9 Å². The Kier molecular flexibility index (Phi) is 8.61. The summed E-state index contributed by atoms with van der Waals surface area (Å²) in [5.41, 5.74) is 0.500. The molecule has 0 unspecified atom stereocenters. The highest BCUT2D eigenvalue weighted by Crippen LogP contribution is 2.29. The Morgan fingerprint density at radius 3 is 2.48 bits per heavy atom. The lowest BCUT2D eigenvalue weighted by molar-refractivity contribution is 0.243. The third kappa shape index (κ3) is 6.52. The van der Waals surface area contributed by atoms with E-state index in [0.29, 0.717) is 27.7 Å². The predicted octanol–water partition coefficient (Wildman–Crippen LogP) is 4.82. The number of nitrogens with zero attached hydrogens (tertiary/aromatic N) is 3. The Morgan fingerprint density at radius 1 is 1.10 bits per heavy atom. The van der Waals surface area contributed by atoms with Crippen molar-refractivity contribution in [2.45, 2.75) is 37.8 Å². The summed E-state index contributed by atoms with van der Waals surface area (Å²) in [4.78, 5) is 23.0. The molecule has 0 radical (unpaired) electrons. The SMILES string of the molecule is CN(C)c1ccnc(N[C@H]2CC[C@@H](NC(=O)Nc3cccc(Cl)c3Cl)CC2)n1.Cl. The molecule has 1 aliphatic rings. The molecular weight excluding hydrogens is 435 g/mol. The molecule has 7 nitrogen and oxygen atoms in total. The maximum atomic E-state index is 12.3. The molecule has 0 spiro atoms. The fraction of sp³-hybridized carbons (Fsp3) is 0.421. The van der Waals surface area contributed by atoms with Gasteiger partial charge in [-0.05, 0) is 43.9 Å². The van der Waals surface area contributed by atoms with Crippen LogP contribution in [0.4, 0.5) is 22.2 Å². The average Bonchev–Trinajstić information content (AvgIpc) is 2.67. The summed E-state index contributed by atoms with van der Waals surface area (Å²) in [5, 5.41) is 9.91. The normalized spacial score (nSPS) is 18.3. The van der Waals surface area contributed by atoms with Crippen molar-refractivity contribution < 1.29 is 4.79 Å². The van der Waals surface area contributed by atoms with Crippen LogP contribution in [0.5, 0.6) is 0 Å². The molecule has 3 rings (SSSR count). The second kappa shape index (κ2) is 10.7. The van der Waals surface area contributed by atoms with E-state index in [1.807, 2.05) is 25.1 Å². The molecule has 2 aromatic rings. The Bertz CT molecular complexity index is 827. The Hall–Kier alpha value is -1.96. The lowest BCUT2D eigenvalue weighted by Gasteiger charge is -2.29. The van der Waals surface area contributed by atoms with Crippen molar-refractivity contribution in [1.82, 2.24) is 15.3 Å². The van der Waals surface area contributed by atoms with Crippen LogP contribution in [0.25, 0.3) is 0 Å². The van der Waals surface area contributed by atoms with Gasteiger partial charge in [0.15, 0.2) is 0 Å². The van der Waals surface area contributed by atoms with Gasteiger partial charge >= 0.3 is 6.03 Å². The standard InChI is InChI=1S/C19H24Cl2N6O.ClH/c1-27(2)16-10-11-22-18(26-16)23-12-6-8-13(9-7-12)24-19(28)25-15-5-3-4-14(20)17(15)21;/h3-5,10-13H,6-9H2,1-2H3,(H,22,23,26)(H2,24,25,28);1H/t12-,13+;. The quantitative estimate of drug-likeness (QED) is 0.597. The van der Waals surface area contributed by atoms with Crippen LogP contribution in [0, 0.1) is 0 Å². The number of anilines is 3. The van der Waals surface area contributed by atoms with Gasteiger partial charge < -0.3 is 20.9 Å². The van der Waals surface area contributed by atoms with E-state index in [1.54, 1.807) is 24.4 Å². The molecule has 1 aliphatic carbocycles. The second-order valence-corrected chi connectivity index (χ2v) is 7.81. The maximum absolute atomic E-state index is 12.3. The maximum Gasteiger partial charge on any atom is 0.319 e. The fourth-order valence-electron chi connectivity index (χ4n) is 3.18. The van der Waals surface area contributed by atoms with Crippen LogP contribution in [0.3, 0.4) is 0 Å². The molecule has 2 amide bonds. The van der Waals surface area contributed by atoms with Crippen molar-refractivity contribution in [3.8, 4) is 0 Å². The van der Waals surface area contributed by atoms with Crippen LogP contribution in [0.1, 0.15) is 25.7 Å². The molecule has 0 bridgehead atoms. The van der Waals surface area contributed by atoms with Gasteiger partial charge in [0.1, 0.15) is 5.82 Å². The number of benzene rings is 1. The lowest BCUT2D eigenvalue weighted by atomic mass is 9.91. The third-order valence-electron chi connectivity index (χ3n) is 4.69. The van der Waals surface area contributed by atoms with E-state index in [1.165, 1.54) is 0 Å². The summed E-state index contributed by atoms with van der Waals surface area (Å²) in [6.07, 6.45) is 5.36. The molecule has 0 saturated heterocycles. The number of carbonyl (C=O) groups is 1. The van der Waals surface area contributed by atoms with Crippen molar-refractivity contribution in [2.75, 3.05) is 29.6 Å². The highest BCUT2D eigenvalue weighted by atomic mass is 35.5. The van der Waals surface area contributed by atoms with Gasteiger partial charge in [0.25, 0.3) is 0 Å². The number of nitrogens with one attached hydrogen (secondary N) is 3. The topological polar surface area (TPSA) is 82.2 Å². The Morgan fingerprint density at radius 2 is 1.79 bits per heavy atom. The summed E-state index contributed by atoms with van der Waals surface area (Å²) in [7, 11) is 3.90. The largest absolute Gasteiger partial charge is 0.363 e. The number of urea groups is 1. The molecule has 3 N–H and O–H groups in total. The molecule has 1 heterocycles. The number of hydrogen-bond donors (Lipinski definition) is 3. The smallest absolute Gasteiger partial charge is 0.319 e. The van der Waals surface area contributed by atoms with E-state index >= 15 is 0 Å².